The fraction of sp³-hybridized carbons (Fsp3) is 0.375. The van der Waals surface area contributed by atoms with Crippen LogP contribution in [0, 0.1) is 0 Å². The fourth-order valence-electron chi connectivity index (χ4n) is 10.7. The van der Waals surface area contributed by atoms with Crippen LogP contribution in [0.25, 0.3) is 97.7 Å². The quantitative estimate of drug-likeness (QED) is 0.0456. The minimum absolute atomic E-state index is 0.500. The molecule has 6 bridgehead atoms. The molecule has 0 spiro atoms. The molecule has 4 aromatic heterocycles. The van der Waals surface area contributed by atoms with Gasteiger partial charge in [0, 0.05) is 48.5 Å². The average molecular weight is 1130 g/mol. The Kier molecular flexibility index (Phi) is 19.6. The molecule has 0 saturated carbocycles. The minimum Gasteiger partial charge on any atom is -0.490 e. The lowest BCUT2D eigenvalue weighted by Gasteiger charge is -2.20. The normalized spacial score (nSPS) is 11.5. The van der Waals surface area contributed by atoms with E-state index in [0.717, 1.165) is 156 Å². The molecule has 0 radical (unpaired) electrons. The standard InChI is InChI=1S/C72H81N3O9/c1-10-31-76-58-43-49-40-46-19-22-52-26-29-56-62-51(45-60(78-33-12-3)68(80-35-14-5)71(62)83-38-17-8)42-48(65(56)74-52)21-24-54-27-30-57-63-50(44-59(77-32-11-2)69(81-36-15-6)72(63)84-39-18-9)41-47(66(57)75-54)20-23-53-25-28-55(64(46)73-53)61(49)70(82-37-16-7)67(58)79-34-13-4/h19-30,40-45H,10-18,31-39H2,1-9H3. The predicted octanol–water partition coefficient (Wildman–Crippen LogP) is 19.0. The van der Waals surface area contributed by atoms with Crippen molar-refractivity contribution in [2.24, 2.45) is 0 Å². The van der Waals surface area contributed by atoms with Crippen molar-refractivity contribution >= 4 is 97.7 Å². The number of pyridine rings is 3. The third-order valence-electron chi connectivity index (χ3n) is 14.4. The highest BCUT2D eigenvalue weighted by Crippen LogP contribution is 2.51. The van der Waals surface area contributed by atoms with Crippen molar-refractivity contribution in [3.8, 4) is 51.7 Å². The van der Waals surface area contributed by atoms with Crippen LogP contribution in [0.5, 0.6) is 51.7 Å². The molecular weight excluding hydrogens is 1050 g/mol. The van der Waals surface area contributed by atoms with E-state index in [2.05, 4.69) is 172 Å². The van der Waals surface area contributed by atoms with Gasteiger partial charge in [-0.3, -0.25) is 0 Å². The van der Waals surface area contributed by atoms with Gasteiger partial charge in [0.05, 0.1) is 92.6 Å². The summed E-state index contributed by atoms with van der Waals surface area (Å²) >= 11 is 0. The van der Waals surface area contributed by atoms with Crippen molar-refractivity contribution < 1.29 is 42.6 Å². The zero-order valence-electron chi connectivity index (χ0n) is 50.6. The number of benzene rings is 6. The van der Waals surface area contributed by atoms with Crippen LogP contribution < -0.4 is 42.6 Å². The Morgan fingerprint density at radius 2 is 0.464 bits per heavy atom. The first kappa shape index (κ1) is 58.9. The van der Waals surface area contributed by atoms with Gasteiger partial charge in [-0.15, -0.1) is 0 Å². The summed E-state index contributed by atoms with van der Waals surface area (Å²) in [5, 5.41) is 11.0. The Morgan fingerprint density at radius 1 is 0.238 bits per heavy atom. The SMILES string of the molecule is CCCOc1cc2cc3ccc4ccc5c(n4)c(ccc4ccc6c(n4)c(ccc4ccc(c3n4)c2c(OCCC)c1OCCC)cc1cc(OCCC)c(OCCC)c(OCCC)c16)cc1cc(OCCC)c(OCCC)c(OCCC)c15. The molecule has 0 aliphatic carbocycles. The molecule has 4 heterocycles. The van der Waals surface area contributed by atoms with E-state index >= 15 is 0 Å². The van der Waals surface area contributed by atoms with Crippen molar-refractivity contribution in [2.45, 2.75) is 120 Å². The molecule has 0 aliphatic heterocycles. The second-order valence-electron chi connectivity index (χ2n) is 21.3. The van der Waals surface area contributed by atoms with Gasteiger partial charge >= 0.3 is 0 Å². The summed E-state index contributed by atoms with van der Waals surface area (Å²) in [6.07, 6.45) is 7.45. The first-order valence-electron chi connectivity index (χ1n) is 30.8. The van der Waals surface area contributed by atoms with Crippen molar-refractivity contribution in [2.75, 3.05) is 59.5 Å². The Morgan fingerprint density at radius 3 is 0.714 bits per heavy atom. The molecule has 10 rings (SSSR count). The number of rotatable bonds is 27. The van der Waals surface area contributed by atoms with Crippen LogP contribution in [-0.2, 0) is 0 Å². The van der Waals surface area contributed by atoms with E-state index in [1.54, 1.807) is 0 Å². The Balaban J connectivity index is 1.37. The Hall–Kier alpha value is -8.25. The van der Waals surface area contributed by atoms with E-state index in [4.69, 9.17) is 57.6 Å². The summed E-state index contributed by atoms with van der Waals surface area (Å²) < 4.78 is 59.3. The monoisotopic (exact) mass is 1130 g/mol. The number of ether oxygens (including phenoxy) is 9. The van der Waals surface area contributed by atoms with Gasteiger partial charge in [-0.1, -0.05) is 80.5 Å². The summed E-state index contributed by atoms with van der Waals surface area (Å²) in [6.45, 7) is 23.6. The number of hydrogen-bond donors (Lipinski definition) is 0. The molecule has 0 amide bonds. The van der Waals surface area contributed by atoms with Crippen LogP contribution in [0.15, 0.2) is 109 Å². The molecule has 0 N–H and O–H groups in total. The third kappa shape index (κ3) is 12.4. The number of aromatic nitrogens is 3. The smallest absolute Gasteiger partial charge is 0.204 e. The predicted molar refractivity (Wildman–Crippen MR) is 346 cm³/mol. The molecule has 438 valence electrons. The van der Waals surface area contributed by atoms with E-state index < -0.39 is 0 Å². The minimum atomic E-state index is 0.500. The van der Waals surface area contributed by atoms with Crippen molar-refractivity contribution in [1.82, 2.24) is 15.0 Å². The van der Waals surface area contributed by atoms with Gasteiger partial charge in [-0.25, -0.2) is 15.0 Å². The van der Waals surface area contributed by atoms with Gasteiger partial charge in [0.2, 0.25) is 17.2 Å². The zero-order chi connectivity index (χ0) is 58.5. The van der Waals surface area contributed by atoms with Crippen LogP contribution in [0.1, 0.15) is 120 Å². The van der Waals surface area contributed by atoms with Gasteiger partial charge in [0.1, 0.15) is 0 Å². The second kappa shape index (κ2) is 27.9. The molecular formula is C72H81N3O9. The molecule has 0 unspecified atom stereocenters. The van der Waals surface area contributed by atoms with Crippen LogP contribution >= 0.6 is 0 Å². The van der Waals surface area contributed by atoms with Crippen LogP contribution in [0.2, 0.25) is 0 Å². The maximum atomic E-state index is 6.73. The fourth-order valence-corrected chi connectivity index (χ4v) is 10.7. The molecule has 84 heavy (non-hydrogen) atoms. The average Bonchev–Trinajstić information content (AvgIpc) is 3.62. The highest BCUT2D eigenvalue weighted by Gasteiger charge is 2.25. The Bertz CT molecular complexity index is 3690. The lowest BCUT2D eigenvalue weighted by Crippen LogP contribution is -2.06. The number of nitrogens with zero attached hydrogens (tertiary/aromatic N) is 3. The molecule has 12 heteroatoms. The molecule has 6 aromatic carbocycles. The highest BCUT2D eigenvalue weighted by atomic mass is 16.6. The van der Waals surface area contributed by atoms with E-state index in [1.165, 1.54) is 0 Å². The van der Waals surface area contributed by atoms with Crippen molar-refractivity contribution in [3.05, 3.63) is 109 Å². The molecule has 0 atom stereocenters. The van der Waals surface area contributed by atoms with E-state index in [1.807, 2.05) is 0 Å². The summed E-state index contributed by atoms with van der Waals surface area (Å²) in [5.74, 6) is 5.78. The zero-order valence-corrected chi connectivity index (χ0v) is 50.6. The van der Waals surface area contributed by atoms with Gasteiger partial charge < -0.3 is 42.6 Å². The van der Waals surface area contributed by atoms with Crippen molar-refractivity contribution in [1.29, 1.82) is 0 Å². The molecule has 10 aromatic rings. The second-order valence-corrected chi connectivity index (χ2v) is 21.3. The van der Waals surface area contributed by atoms with Gasteiger partial charge in [0.15, 0.2) is 34.5 Å². The highest BCUT2D eigenvalue weighted by molar-refractivity contribution is 6.20. The van der Waals surface area contributed by atoms with E-state index in [0.29, 0.717) is 111 Å². The molecule has 0 aliphatic rings. The lowest BCUT2D eigenvalue weighted by molar-refractivity contribution is 0.245. The van der Waals surface area contributed by atoms with Gasteiger partial charge in [-0.2, -0.15) is 0 Å². The largest absolute Gasteiger partial charge is 0.490 e. The van der Waals surface area contributed by atoms with E-state index in [9.17, 15) is 0 Å². The summed E-state index contributed by atoms with van der Waals surface area (Å²) in [6, 6.07) is 38.1. The molecule has 0 fully saturated rings. The first-order valence-corrected chi connectivity index (χ1v) is 30.8. The molecule has 12 nitrogen and oxygen atoms in total. The van der Waals surface area contributed by atoms with Crippen molar-refractivity contribution in [3.63, 3.8) is 0 Å². The summed E-state index contributed by atoms with van der Waals surface area (Å²) in [7, 11) is 0. The Labute approximate surface area is 493 Å². The van der Waals surface area contributed by atoms with Crippen LogP contribution in [-0.4, -0.2) is 74.4 Å². The van der Waals surface area contributed by atoms with Gasteiger partial charge in [-0.05, 0) is 165 Å². The maximum Gasteiger partial charge on any atom is 0.204 e. The van der Waals surface area contributed by atoms with Gasteiger partial charge in [0.25, 0.3) is 0 Å². The lowest BCUT2D eigenvalue weighted by atomic mass is 9.99. The first-order chi connectivity index (χ1) is 41.3. The summed E-state index contributed by atoms with van der Waals surface area (Å²) in [4.78, 5) is 16.6. The number of hydrogen-bond acceptors (Lipinski definition) is 12. The van der Waals surface area contributed by atoms with Crippen LogP contribution in [0.4, 0.5) is 0 Å². The molecule has 0 saturated heterocycles. The van der Waals surface area contributed by atoms with E-state index in [-0.39, 0.29) is 0 Å². The topological polar surface area (TPSA) is 122 Å². The third-order valence-corrected chi connectivity index (χ3v) is 14.4. The maximum absolute atomic E-state index is 6.73. The summed E-state index contributed by atoms with van der Waals surface area (Å²) in [5.41, 5.74) is 4.66. The number of fused-ring (bicyclic) bond motifs is 9. The van der Waals surface area contributed by atoms with Crippen LogP contribution in [0.3, 0.4) is 0 Å².